The molecule has 3 rings (SSSR count). The first-order chi connectivity index (χ1) is 13.5. The van der Waals surface area contributed by atoms with Crippen LogP contribution >= 0.6 is 0 Å². The molecule has 0 spiro atoms. The van der Waals surface area contributed by atoms with Gasteiger partial charge in [-0.05, 0) is 50.1 Å². The normalized spacial score (nSPS) is 15.1. The van der Waals surface area contributed by atoms with Crippen molar-refractivity contribution in [2.75, 3.05) is 36.4 Å². The minimum Gasteiger partial charge on any atom is -0.368 e. The van der Waals surface area contributed by atoms with Crippen LogP contribution in [0.5, 0.6) is 0 Å². The van der Waals surface area contributed by atoms with E-state index in [4.69, 9.17) is 0 Å². The van der Waals surface area contributed by atoms with E-state index >= 15 is 0 Å². The van der Waals surface area contributed by atoms with Crippen molar-refractivity contribution in [1.82, 2.24) is 10.2 Å². The van der Waals surface area contributed by atoms with Gasteiger partial charge in [-0.3, -0.25) is 4.79 Å². The minimum atomic E-state index is -0.573. The molecule has 2 aromatic carbocycles. The average molecular weight is 380 g/mol. The topological polar surface area (TPSA) is 64.7 Å². The number of anilines is 2. The summed E-state index contributed by atoms with van der Waals surface area (Å²) >= 11 is 0. The van der Waals surface area contributed by atoms with Crippen molar-refractivity contribution < 1.29 is 9.59 Å². The van der Waals surface area contributed by atoms with Crippen LogP contribution in [0.3, 0.4) is 0 Å². The number of rotatable bonds is 4. The van der Waals surface area contributed by atoms with Crippen molar-refractivity contribution in [3.8, 4) is 0 Å². The molecule has 0 bridgehead atoms. The number of amides is 3. The second-order valence-electron chi connectivity index (χ2n) is 7.22. The molecule has 1 fully saturated rings. The van der Waals surface area contributed by atoms with Crippen LogP contribution in [0.25, 0.3) is 0 Å². The van der Waals surface area contributed by atoms with Crippen LogP contribution < -0.4 is 15.5 Å². The lowest BCUT2D eigenvalue weighted by atomic mass is 10.1. The molecule has 0 aliphatic carbocycles. The van der Waals surface area contributed by atoms with Crippen LogP contribution in [0, 0.1) is 13.8 Å². The number of benzene rings is 2. The highest BCUT2D eigenvalue weighted by Crippen LogP contribution is 2.24. The summed E-state index contributed by atoms with van der Waals surface area (Å²) in [6.07, 6.45) is 0. The molecule has 1 heterocycles. The number of para-hydroxylation sites is 1. The Hall–Kier alpha value is -3.02. The highest BCUT2D eigenvalue weighted by atomic mass is 16.2. The summed E-state index contributed by atoms with van der Waals surface area (Å²) in [5.74, 6) is -0.0520. The second kappa shape index (κ2) is 8.78. The molecule has 1 saturated heterocycles. The Balaban J connectivity index is 1.51. The summed E-state index contributed by atoms with van der Waals surface area (Å²) in [6.45, 7) is 8.87. The molecule has 6 nitrogen and oxygen atoms in total. The van der Waals surface area contributed by atoms with Crippen molar-refractivity contribution in [2.45, 2.75) is 26.8 Å². The molecule has 28 heavy (non-hydrogen) atoms. The first-order valence-corrected chi connectivity index (χ1v) is 9.68. The lowest BCUT2D eigenvalue weighted by molar-refractivity contribution is -0.133. The van der Waals surface area contributed by atoms with Gasteiger partial charge in [-0.1, -0.05) is 30.3 Å². The number of carbonyl (C=O) groups excluding carboxylic acids is 2. The van der Waals surface area contributed by atoms with Gasteiger partial charge >= 0.3 is 6.03 Å². The van der Waals surface area contributed by atoms with Gasteiger partial charge in [0.1, 0.15) is 6.04 Å². The summed E-state index contributed by atoms with van der Waals surface area (Å²) in [4.78, 5) is 29.0. The van der Waals surface area contributed by atoms with Gasteiger partial charge in [0.25, 0.3) is 0 Å². The summed E-state index contributed by atoms with van der Waals surface area (Å²) in [5, 5.41) is 5.47. The van der Waals surface area contributed by atoms with Crippen LogP contribution in [0.15, 0.2) is 48.5 Å². The van der Waals surface area contributed by atoms with Gasteiger partial charge in [0.15, 0.2) is 0 Å². The number of aryl methyl sites for hydroxylation is 1. The maximum absolute atomic E-state index is 12.7. The van der Waals surface area contributed by atoms with Crippen LogP contribution in [-0.4, -0.2) is 49.1 Å². The monoisotopic (exact) mass is 380 g/mol. The van der Waals surface area contributed by atoms with Gasteiger partial charge in [0, 0.05) is 37.6 Å². The van der Waals surface area contributed by atoms with E-state index in [0.717, 1.165) is 13.1 Å². The number of piperazine rings is 1. The zero-order valence-corrected chi connectivity index (χ0v) is 16.7. The largest absolute Gasteiger partial charge is 0.368 e. The lowest BCUT2D eigenvalue weighted by Gasteiger charge is -2.38. The molecule has 0 radical (unpaired) electrons. The SMILES string of the molecule is Cc1cccc(N2CCN(C(=O)C(C)NC(=O)Nc3ccccc3)CC2)c1C. The fourth-order valence-electron chi connectivity index (χ4n) is 3.47. The fourth-order valence-corrected chi connectivity index (χ4v) is 3.47. The molecule has 0 saturated carbocycles. The third kappa shape index (κ3) is 4.63. The standard InChI is InChI=1S/C22H28N4O2/c1-16-8-7-11-20(17(16)2)25-12-14-26(15-13-25)21(27)18(3)23-22(28)24-19-9-5-4-6-10-19/h4-11,18H,12-15H2,1-3H3,(H2,23,24,28). The maximum Gasteiger partial charge on any atom is 0.319 e. The molecular formula is C22H28N4O2. The summed E-state index contributed by atoms with van der Waals surface area (Å²) < 4.78 is 0. The Labute approximate surface area is 166 Å². The highest BCUT2D eigenvalue weighted by molar-refractivity contribution is 5.93. The Bertz CT molecular complexity index is 830. The van der Waals surface area contributed by atoms with E-state index in [2.05, 4.69) is 47.6 Å². The van der Waals surface area contributed by atoms with Crippen molar-refractivity contribution in [2.24, 2.45) is 0 Å². The number of carbonyl (C=O) groups is 2. The van der Waals surface area contributed by atoms with E-state index in [-0.39, 0.29) is 11.9 Å². The number of nitrogens with one attached hydrogen (secondary N) is 2. The lowest BCUT2D eigenvalue weighted by Crippen LogP contribution is -2.54. The third-order valence-corrected chi connectivity index (χ3v) is 5.26. The van der Waals surface area contributed by atoms with Gasteiger partial charge in [-0.15, -0.1) is 0 Å². The molecule has 1 aliphatic rings. The summed E-state index contributed by atoms with van der Waals surface area (Å²) in [7, 11) is 0. The molecule has 148 valence electrons. The zero-order valence-electron chi connectivity index (χ0n) is 16.7. The van der Waals surface area contributed by atoms with Crippen LogP contribution in [0.1, 0.15) is 18.1 Å². The molecule has 2 aromatic rings. The number of hydrogen-bond donors (Lipinski definition) is 2. The summed E-state index contributed by atoms with van der Waals surface area (Å²) in [5.41, 5.74) is 4.50. The van der Waals surface area contributed by atoms with Gasteiger partial charge in [-0.2, -0.15) is 0 Å². The molecule has 0 aromatic heterocycles. The van der Waals surface area contributed by atoms with E-state index in [1.807, 2.05) is 23.1 Å². The second-order valence-corrected chi connectivity index (χ2v) is 7.22. The van der Waals surface area contributed by atoms with E-state index in [9.17, 15) is 9.59 Å². The highest BCUT2D eigenvalue weighted by Gasteiger charge is 2.26. The van der Waals surface area contributed by atoms with E-state index in [1.165, 1.54) is 16.8 Å². The first kappa shape index (κ1) is 19.7. The van der Waals surface area contributed by atoms with Crippen LogP contribution in [-0.2, 0) is 4.79 Å². The Kier molecular flexibility index (Phi) is 6.19. The Morgan fingerprint density at radius 3 is 2.29 bits per heavy atom. The Morgan fingerprint density at radius 2 is 1.61 bits per heavy atom. The predicted molar refractivity (Wildman–Crippen MR) is 113 cm³/mol. The molecular weight excluding hydrogens is 352 g/mol. The predicted octanol–water partition coefficient (Wildman–Crippen LogP) is 3.16. The molecule has 1 unspecified atom stereocenters. The molecule has 2 N–H and O–H groups in total. The van der Waals surface area contributed by atoms with Crippen molar-refractivity contribution in [1.29, 1.82) is 0 Å². The Morgan fingerprint density at radius 1 is 0.929 bits per heavy atom. The van der Waals surface area contributed by atoms with E-state index < -0.39 is 6.04 Å². The third-order valence-electron chi connectivity index (χ3n) is 5.26. The van der Waals surface area contributed by atoms with Gasteiger partial charge < -0.3 is 20.4 Å². The number of hydrogen-bond acceptors (Lipinski definition) is 3. The van der Waals surface area contributed by atoms with Crippen molar-refractivity contribution in [3.05, 3.63) is 59.7 Å². The van der Waals surface area contributed by atoms with Crippen molar-refractivity contribution in [3.63, 3.8) is 0 Å². The number of urea groups is 1. The number of nitrogens with zero attached hydrogens (tertiary/aromatic N) is 2. The molecule has 6 heteroatoms. The van der Waals surface area contributed by atoms with Gasteiger partial charge in [0.05, 0.1) is 0 Å². The maximum atomic E-state index is 12.7. The average Bonchev–Trinajstić information content (AvgIpc) is 2.70. The fraction of sp³-hybridized carbons (Fsp3) is 0.364. The van der Waals surface area contributed by atoms with Gasteiger partial charge in [0.2, 0.25) is 5.91 Å². The van der Waals surface area contributed by atoms with E-state index in [0.29, 0.717) is 18.8 Å². The zero-order chi connectivity index (χ0) is 20.1. The van der Waals surface area contributed by atoms with Gasteiger partial charge in [-0.25, -0.2) is 4.79 Å². The first-order valence-electron chi connectivity index (χ1n) is 9.68. The van der Waals surface area contributed by atoms with Crippen molar-refractivity contribution >= 4 is 23.3 Å². The smallest absolute Gasteiger partial charge is 0.319 e. The van der Waals surface area contributed by atoms with Crippen LogP contribution in [0.4, 0.5) is 16.2 Å². The molecule has 1 atom stereocenters. The molecule has 1 aliphatic heterocycles. The quantitative estimate of drug-likeness (QED) is 0.856. The summed E-state index contributed by atoms with van der Waals surface area (Å²) in [6, 6.07) is 14.6. The van der Waals surface area contributed by atoms with E-state index in [1.54, 1.807) is 19.1 Å². The minimum absolute atomic E-state index is 0.0520. The van der Waals surface area contributed by atoms with Crippen LogP contribution in [0.2, 0.25) is 0 Å². The molecule has 3 amide bonds.